The van der Waals surface area contributed by atoms with Crippen LogP contribution in [-0.4, -0.2) is 37.0 Å². The number of pyridine rings is 2. The standard InChI is InChI=1S/C29H29FN6OS/c1-19-17-24(20(2)36(19)18-21-10-14-31-15-11-21)28-27(25-5-3-4-13-32-25)34-29(38)35(28)16-12-26(37)33-23-8-6-22(30)7-9-23/h3-11,13-15,17,27-28H,12,16,18H2,1-2H3,(H,33,37)(H,34,38)/t27-,28-/m0/s1. The Morgan fingerprint density at radius 3 is 2.55 bits per heavy atom. The third-order valence-electron chi connectivity index (χ3n) is 6.93. The number of carbonyl (C=O) groups is 1. The van der Waals surface area contributed by atoms with Gasteiger partial charge in [0.05, 0.1) is 17.8 Å². The van der Waals surface area contributed by atoms with Crippen LogP contribution in [0.25, 0.3) is 0 Å². The number of thiocarbonyl (C=S) groups is 1. The van der Waals surface area contributed by atoms with Crippen molar-refractivity contribution in [1.82, 2.24) is 24.8 Å². The van der Waals surface area contributed by atoms with Crippen LogP contribution in [0.1, 0.15) is 46.7 Å². The lowest BCUT2D eigenvalue weighted by molar-refractivity contribution is -0.116. The number of hydrogen-bond donors (Lipinski definition) is 2. The summed E-state index contributed by atoms with van der Waals surface area (Å²) >= 11 is 5.78. The van der Waals surface area contributed by atoms with E-state index in [-0.39, 0.29) is 30.2 Å². The Kier molecular flexibility index (Phi) is 7.46. The molecule has 1 aromatic carbocycles. The average molecular weight is 529 g/mol. The normalized spacial score (nSPS) is 16.9. The van der Waals surface area contributed by atoms with Crippen LogP contribution in [0, 0.1) is 19.7 Å². The molecule has 5 rings (SSSR count). The Morgan fingerprint density at radius 1 is 1.08 bits per heavy atom. The minimum atomic E-state index is -0.346. The molecule has 1 aliphatic heterocycles. The number of hydrogen-bond acceptors (Lipinski definition) is 4. The predicted molar refractivity (Wildman–Crippen MR) is 149 cm³/mol. The fourth-order valence-electron chi connectivity index (χ4n) is 5.00. The average Bonchev–Trinajstić information content (AvgIpc) is 3.40. The summed E-state index contributed by atoms with van der Waals surface area (Å²) in [6, 6.07) is 17.5. The number of aromatic nitrogens is 3. The fourth-order valence-corrected chi connectivity index (χ4v) is 5.34. The molecular formula is C29H29FN6OS. The summed E-state index contributed by atoms with van der Waals surface area (Å²) in [4.78, 5) is 23.6. The largest absolute Gasteiger partial charge is 0.352 e. The molecule has 194 valence electrons. The number of nitrogens with one attached hydrogen (secondary N) is 2. The maximum Gasteiger partial charge on any atom is 0.226 e. The molecule has 38 heavy (non-hydrogen) atoms. The first-order chi connectivity index (χ1) is 18.4. The summed E-state index contributed by atoms with van der Waals surface area (Å²) in [6.45, 7) is 5.38. The number of benzene rings is 1. The van der Waals surface area contributed by atoms with Gasteiger partial charge < -0.3 is 20.1 Å². The zero-order valence-electron chi connectivity index (χ0n) is 21.3. The van der Waals surface area contributed by atoms with Gasteiger partial charge in [-0.25, -0.2) is 4.39 Å². The van der Waals surface area contributed by atoms with E-state index in [2.05, 4.69) is 50.0 Å². The summed E-state index contributed by atoms with van der Waals surface area (Å²) in [7, 11) is 0. The van der Waals surface area contributed by atoms with Gasteiger partial charge in [0.2, 0.25) is 5.91 Å². The highest BCUT2D eigenvalue weighted by molar-refractivity contribution is 7.80. The molecular weight excluding hydrogens is 499 g/mol. The quantitative estimate of drug-likeness (QED) is 0.311. The van der Waals surface area contributed by atoms with Crippen LogP contribution in [0.15, 0.2) is 79.3 Å². The summed E-state index contributed by atoms with van der Waals surface area (Å²) in [5.41, 5.74) is 6.03. The van der Waals surface area contributed by atoms with Crippen LogP contribution in [0.3, 0.4) is 0 Å². The van der Waals surface area contributed by atoms with E-state index in [0.717, 1.165) is 29.2 Å². The Balaban J connectivity index is 1.42. The minimum Gasteiger partial charge on any atom is -0.352 e. The van der Waals surface area contributed by atoms with Crippen LogP contribution < -0.4 is 10.6 Å². The summed E-state index contributed by atoms with van der Waals surface area (Å²) in [5.74, 6) is -0.510. The van der Waals surface area contributed by atoms with E-state index in [1.807, 2.05) is 30.3 Å². The van der Waals surface area contributed by atoms with Crippen molar-refractivity contribution in [2.24, 2.45) is 0 Å². The van der Waals surface area contributed by atoms with Crippen LogP contribution in [0.2, 0.25) is 0 Å². The van der Waals surface area contributed by atoms with E-state index in [0.29, 0.717) is 17.3 Å². The second-order valence-electron chi connectivity index (χ2n) is 9.39. The molecule has 2 atom stereocenters. The van der Waals surface area contributed by atoms with E-state index in [9.17, 15) is 9.18 Å². The van der Waals surface area contributed by atoms with Crippen molar-refractivity contribution in [2.45, 2.75) is 38.9 Å². The number of anilines is 1. The molecule has 1 aliphatic rings. The van der Waals surface area contributed by atoms with Gasteiger partial charge >= 0.3 is 0 Å². The lowest BCUT2D eigenvalue weighted by Gasteiger charge is -2.28. The van der Waals surface area contributed by atoms with Crippen LogP contribution in [-0.2, 0) is 11.3 Å². The molecule has 0 bridgehead atoms. The molecule has 0 spiro atoms. The van der Waals surface area contributed by atoms with Crippen molar-refractivity contribution in [3.8, 4) is 0 Å². The number of amides is 1. The monoisotopic (exact) mass is 528 g/mol. The van der Waals surface area contributed by atoms with E-state index >= 15 is 0 Å². The maximum atomic E-state index is 13.2. The summed E-state index contributed by atoms with van der Waals surface area (Å²) in [6.07, 6.45) is 5.61. The van der Waals surface area contributed by atoms with Gasteiger partial charge in [0.25, 0.3) is 0 Å². The maximum absolute atomic E-state index is 13.2. The van der Waals surface area contributed by atoms with Gasteiger partial charge in [-0.05, 0) is 91.8 Å². The highest BCUT2D eigenvalue weighted by Crippen LogP contribution is 2.41. The molecule has 0 radical (unpaired) electrons. The van der Waals surface area contributed by atoms with Crippen molar-refractivity contribution in [1.29, 1.82) is 0 Å². The summed E-state index contributed by atoms with van der Waals surface area (Å²) < 4.78 is 15.5. The molecule has 7 nitrogen and oxygen atoms in total. The van der Waals surface area contributed by atoms with Crippen LogP contribution in [0.5, 0.6) is 0 Å². The van der Waals surface area contributed by atoms with Crippen molar-refractivity contribution in [3.63, 3.8) is 0 Å². The van der Waals surface area contributed by atoms with Gasteiger partial charge in [-0.2, -0.15) is 0 Å². The Hall–Kier alpha value is -4.11. The number of nitrogens with zero attached hydrogens (tertiary/aromatic N) is 4. The van der Waals surface area contributed by atoms with E-state index in [4.69, 9.17) is 12.2 Å². The van der Waals surface area contributed by atoms with Gasteiger partial charge in [0.1, 0.15) is 5.82 Å². The molecule has 9 heteroatoms. The van der Waals surface area contributed by atoms with Crippen LogP contribution >= 0.6 is 12.2 Å². The smallest absolute Gasteiger partial charge is 0.226 e. The van der Waals surface area contributed by atoms with Gasteiger partial charge in [-0.3, -0.25) is 14.8 Å². The highest BCUT2D eigenvalue weighted by Gasteiger charge is 2.41. The number of carbonyl (C=O) groups excluding carboxylic acids is 1. The molecule has 1 saturated heterocycles. The minimum absolute atomic E-state index is 0.145. The van der Waals surface area contributed by atoms with Gasteiger partial charge in [0.15, 0.2) is 5.11 Å². The number of aryl methyl sites for hydroxylation is 1. The molecule has 4 aromatic rings. The van der Waals surface area contributed by atoms with Crippen molar-refractivity contribution < 1.29 is 9.18 Å². The molecule has 0 saturated carbocycles. The first kappa shape index (κ1) is 25.5. The second kappa shape index (κ2) is 11.1. The Morgan fingerprint density at radius 2 is 1.84 bits per heavy atom. The molecule has 1 amide bonds. The first-order valence-electron chi connectivity index (χ1n) is 12.5. The lowest BCUT2D eigenvalue weighted by Crippen LogP contribution is -2.33. The van der Waals surface area contributed by atoms with Gasteiger partial charge in [-0.1, -0.05) is 6.07 Å². The zero-order chi connectivity index (χ0) is 26.6. The topological polar surface area (TPSA) is 75.1 Å². The fraction of sp³-hybridized carbons (Fsp3) is 0.241. The first-order valence-corrected chi connectivity index (χ1v) is 12.9. The van der Waals surface area contributed by atoms with Crippen LogP contribution in [0.4, 0.5) is 10.1 Å². The van der Waals surface area contributed by atoms with Crippen molar-refractivity contribution in [2.75, 3.05) is 11.9 Å². The third kappa shape index (κ3) is 5.43. The van der Waals surface area contributed by atoms with Crippen molar-refractivity contribution >= 4 is 28.9 Å². The molecule has 3 aromatic heterocycles. The van der Waals surface area contributed by atoms with E-state index in [1.165, 1.54) is 17.7 Å². The number of halogens is 1. The van der Waals surface area contributed by atoms with Crippen molar-refractivity contribution in [3.05, 3.63) is 113 Å². The SMILES string of the molecule is Cc1cc([C@H]2[C@H](c3ccccn3)NC(=S)N2CCC(=O)Nc2ccc(F)cc2)c(C)n1Cc1ccncc1. The predicted octanol–water partition coefficient (Wildman–Crippen LogP) is 5.08. The molecule has 1 fully saturated rings. The molecule has 4 heterocycles. The van der Waals surface area contributed by atoms with Gasteiger partial charge in [0, 0.05) is 55.2 Å². The molecule has 0 aliphatic carbocycles. The Labute approximate surface area is 226 Å². The van der Waals surface area contributed by atoms with Gasteiger partial charge in [-0.15, -0.1) is 0 Å². The lowest BCUT2D eigenvalue weighted by atomic mass is 9.96. The number of rotatable bonds is 8. The summed E-state index contributed by atoms with van der Waals surface area (Å²) in [5, 5.41) is 6.88. The zero-order valence-corrected chi connectivity index (χ0v) is 22.1. The molecule has 0 unspecified atom stereocenters. The Bertz CT molecular complexity index is 1420. The second-order valence-corrected chi connectivity index (χ2v) is 9.78. The highest BCUT2D eigenvalue weighted by atomic mass is 32.1. The van der Waals surface area contributed by atoms with E-state index in [1.54, 1.807) is 30.7 Å². The molecule has 2 N–H and O–H groups in total. The van der Waals surface area contributed by atoms with E-state index < -0.39 is 0 Å². The third-order valence-corrected chi connectivity index (χ3v) is 7.28.